The molecule has 3 N–H and O–H groups in total. The minimum Gasteiger partial charge on any atom is -0.497 e. The summed E-state index contributed by atoms with van der Waals surface area (Å²) < 4.78 is 5.75. The maximum Gasteiger partial charge on any atom is 0.265 e. The summed E-state index contributed by atoms with van der Waals surface area (Å²) in [7, 11) is 1.53. The lowest BCUT2D eigenvalue weighted by atomic mass is 10.2. The molecule has 0 saturated heterocycles. The molecule has 0 aliphatic rings. The molecular weight excluding hydrogens is 236 g/mol. The Morgan fingerprint density at radius 3 is 2.77 bits per heavy atom. The van der Waals surface area contributed by atoms with Gasteiger partial charge in [-0.25, -0.2) is 5.84 Å². The SMILES string of the molecule is COc1cc(Br)cc(C(=O)NN)c1. The molecule has 0 bridgehead atoms. The van der Waals surface area contributed by atoms with Crippen molar-refractivity contribution in [2.75, 3.05) is 7.11 Å². The molecule has 0 aliphatic heterocycles. The molecule has 0 spiro atoms. The van der Waals surface area contributed by atoms with Crippen molar-refractivity contribution in [2.45, 2.75) is 0 Å². The van der Waals surface area contributed by atoms with E-state index >= 15 is 0 Å². The third-order valence-corrected chi connectivity index (χ3v) is 1.96. The van der Waals surface area contributed by atoms with Gasteiger partial charge in [0.05, 0.1) is 7.11 Å². The molecule has 1 amide bonds. The molecule has 0 radical (unpaired) electrons. The molecule has 5 heteroatoms. The molecule has 0 atom stereocenters. The van der Waals surface area contributed by atoms with Crippen LogP contribution in [0.25, 0.3) is 0 Å². The number of ether oxygens (including phenoxy) is 1. The third kappa shape index (κ3) is 2.43. The first kappa shape index (κ1) is 10.0. The van der Waals surface area contributed by atoms with Gasteiger partial charge in [-0.1, -0.05) is 15.9 Å². The Bertz CT molecular complexity index is 328. The predicted octanol–water partition coefficient (Wildman–Crippen LogP) is 1.06. The fourth-order valence-electron chi connectivity index (χ4n) is 0.895. The predicted molar refractivity (Wildman–Crippen MR) is 52.3 cm³/mol. The van der Waals surface area contributed by atoms with E-state index in [4.69, 9.17) is 10.6 Å². The van der Waals surface area contributed by atoms with Crippen molar-refractivity contribution in [3.8, 4) is 5.75 Å². The average Bonchev–Trinajstić information content (AvgIpc) is 2.15. The zero-order valence-corrected chi connectivity index (χ0v) is 8.59. The number of hydrogen-bond acceptors (Lipinski definition) is 3. The van der Waals surface area contributed by atoms with E-state index in [1.807, 2.05) is 5.43 Å². The van der Waals surface area contributed by atoms with Gasteiger partial charge >= 0.3 is 0 Å². The normalized spacial score (nSPS) is 9.46. The summed E-state index contributed by atoms with van der Waals surface area (Å²) in [4.78, 5) is 11.1. The maximum absolute atomic E-state index is 11.1. The molecule has 70 valence electrons. The van der Waals surface area contributed by atoms with Gasteiger partial charge in [0.25, 0.3) is 5.91 Å². The number of amides is 1. The zero-order chi connectivity index (χ0) is 9.84. The Labute approximate surface area is 84.2 Å². The van der Waals surface area contributed by atoms with E-state index in [-0.39, 0.29) is 5.91 Å². The lowest BCUT2D eigenvalue weighted by Crippen LogP contribution is -2.29. The van der Waals surface area contributed by atoms with Crippen LogP contribution >= 0.6 is 15.9 Å². The zero-order valence-electron chi connectivity index (χ0n) is 7.00. The number of hydrogen-bond donors (Lipinski definition) is 2. The van der Waals surface area contributed by atoms with Crippen molar-refractivity contribution < 1.29 is 9.53 Å². The quantitative estimate of drug-likeness (QED) is 0.465. The summed E-state index contributed by atoms with van der Waals surface area (Å²) >= 11 is 3.25. The minimum atomic E-state index is -0.348. The minimum absolute atomic E-state index is 0.348. The van der Waals surface area contributed by atoms with Gasteiger partial charge in [0.1, 0.15) is 5.75 Å². The van der Waals surface area contributed by atoms with Gasteiger partial charge in [0.15, 0.2) is 0 Å². The van der Waals surface area contributed by atoms with Crippen LogP contribution in [0.4, 0.5) is 0 Å². The van der Waals surface area contributed by atoms with E-state index in [1.54, 1.807) is 18.2 Å². The average molecular weight is 245 g/mol. The highest BCUT2D eigenvalue weighted by atomic mass is 79.9. The molecule has 0 heterocycles. The molecule has 0 aliphatic carbocycles. The van der Waals surface area contributed by atoms with E-state index in [1.165, 1.54) is 7.11 Å². The highest BCUT2D eigenvalue weighted by molar-refractivity contribution is 9.10. The lowest BCUT2D eigenvalue weighted by molar-refractivity contribution is 0.0953. The van der Waals surface area contributed by atoms with Crippen molar-refractivity contribution in [3.63, 3.8) is 0 Å². The van der Waals surface area contributed by atoms with Gasteiger partial charge in [0, 0.05) is 10.0 Å². The van der Waals surface area contributed by atoms with Gasteiger partial charge in [0.2, 0.25) is 0 Å². The summed E-state index contributed by atoms with van der Waals surface area (Å²) in [6.07, 6.45) is 0. The Morgan fingerprint density at radius 1 is 1.54 bits per heavy atom. The van der Waals surface area contributed by atoms with E-state index < -0.39 is 0 Å². The molecular formula is C8H9BrN2O2. The molecule has 0 aromatic heterocycles. The molecule has 4 nitrogen and oxygen atoms in total. The monoisotopic (exact) mass is 244 g/mol. The second-order valence-electron chi connectivity index (χ2n) is 2.35. The van der Waals surface area contributed by atoms with Gasteiger partial charge < -0.3 is 4.74 Å². The maximum atomic E-state index is 11.1. The first-order chi connectivity index (χ1) is 6.17. The number of rotatable bonds is 2. The topological polar surface area (TPSA) is 64.3 Å². The van der Waals surface area contributed by atoms with Gasteiger partial charge in [-0.15, -0.1) is 0 Å². The first-order valence-corrected chi connectivity index (χ1v) is 4.32. The third-order valence-electron chi connectivity index (χ3n) is 1.50. The van der Waals surface area contributed by atoms with E-state index in [2.05, 4.69) is 15.9 Å². The second kappa shape index (κ2) is 4.25. The highest BCUT2D eigenvalue weighted by Crippen LogP contribution is 2.20. The number of carbonyl (C=O) groups is 1. The summed E-state index contributed by atoms with van der Waals surface area (Å²) in [5, 5.41) is 0. The first-order valence-electron chi connectivity index (χ1n) is 3.53. The number of hydrazine groups is 1. The molecule has 1 rings (SSSR count). The summed E-state index contributed by atoms with van der Waals surface area (Å²) in [5.74, 6) is 5.25. The van der Waals surface area contributed by atoms with Crippen LogP contribution in [0.1, 0.15) is 10.4 Å². The molecule has 0 saturated carbocycles. The van der Waals surface area contributed by atoms with Gasteiger partial charge in [-0.3, -0.25) is 10.2 Å². The molecule has 0 unspecified atom stereocenters. The van der Waals surface area contributed by atoms with Crippen LogP contribution < -0.4 is 16.0 Å². The van der Waals surface area contributed by atoms with E-state index in [0.717, 1.165) is 4.47 Å². The van der Waals surface area contributed by atoms with Crippen LogP contribution in [-0.4, -0.2) is 13.0 Å². The number of nitrogens with one attached hydrogen (secondary N) is 1. The van der Waals surface area contributed by atoms with Crippen molar-refractivity contribution in [1.29, 1.82) is 0 Å². The summed E-state index contributed by atoms with van der Waals surface area (Å²) in [6.45, 7) is 0. The fraction of sp³-hybridized carbons (Fsp3) is 0.125. The van der Waals surface area contributed by atoms with Gasteiger partial charge in [-0.2, -0.15) is 0 Å². The van der Waals surface area contributed by atoms with Gasteiger partial charge in [-0.05, 0) is 18.2 Å². The van der Waals surface area contributed by atoms with Crippen LogP contribution in [0.3, 0.4) is 0 Å². The molecule has 1 aromatic rings. The number of carbonyl (C=O) groups excluding carboxylic acids is 1. The van der Waals surface area contributed by atoms with Crippen LogP contribution in [0.2, 0.25) is 0 Å². The smallest absolute Gasteiger partial charge is 0.265 e. The van der Waals surface area contributed by atoms with E-state index in [0.29, 0.717) is 11.3 Å². The number of benzene rings is 1. The van der Waals surface area contributed by atoms with Crippen LogP contribution in [0, 0.1) is 0 Å². The van der Waals surface area contributed by atoms with Crippen molar-refractivity contribution >= 4 is 21.8 Å². The van der Waals surface area contributed by atoms with Crippen molar-refractivity contribution in [2.24, 2.45) is 5.84 Å². The number of nitrogens with two attached hydrogens (primary N) is 1. The van der Waals surface area contributed by atoms with Crippen molar-refractivity contribution in [1.82, 2.24) is 5.43 Å². The molecule has 1 aromatic carbocycles. The Morgan fingerprint density at radius 2 is 2.23 bits per heavy atom. The Balaban J connectivity index is 3.08. The molecule has 0 fully saturated rings. The Kier molecular flexibility index (Phi) is 3.27. The van der Waals surface area contributed by atoms with Crippen molar-refractivity contribution in [3.05, 3.63) is 28.2 Å². The number of methoxy groups -OCH3 is 1. The highest BCUT2D eigenvalue weighted by Gasteiger charge is 2.06. The second-order valence-corrected chi connectivity index (χ2v) is 3.27. The number of nitrogen functional groups attached to an aromatic ring is 1. The Hall–Kier alpha value is -1.07. The summed E-state index contributed by atoms with van der Waals surface area (Å²) in [6, 6.07) is 5.02. The standard InChI is InChI=1S/C8H9BrN2O2/c1-13-7-3-5(8(12)11-10)2-6(9)4-7/h2-4H,10H2,1H3,(H,11,12). The largest absolute Gasteiger partial charge is 0.497 e. The number of halogens is 1. The van der Waals surface area contributed by atoms with E-state index in [9.17, 15) is 4.79 Å². The fourth-order valence-corrected chi connectivity index (χ4v) is 1.37. The summed E-state index contributed by atoms with van der Waals surface area (Å²) in [5.41, 5.74) is 2.50. The van der Waals surface area contributed by atoms with Crippen LogP contribution in [0.15, 0.2) is 22.7 Å². The van der Waals surface area contributed by atoms with Crippen LogP contribution in [0.5, 0.6) is 5.75 Å². The lowest BCUT2D eigenvalue weighted by Gasteiger charge is -2.04. The molecule has 13 heavy (non-hydrogen) atoms. The van der Waals surface area contributed by atoms with Crippen LogP contribution in [-0.2, 0) is 0 Å².